The molecule has 0 fully saturated rings. The van der Waals surface area contributed by atoms with Crippen molar-refractivity contribution in [3.05, 3.63) is 83.7 Å². The van der Waals surface area contributed by atoms with Crippen LogP contribution in [0.15, 0.2) is 66.7 Å². The second kappa shape index (κ2) is 7.80. The quantitative estimate of drug-likeness (QED) is 0.669. The average molecular weight is 397 g/mol. The van der Waals surface area contributed by atoms with Crippen molar-refractivity contribution in [1.29, 1.82) is 10.7 Å². The number of allylic oxidation sites excluding steroid dienone is 5. The van der Waals surface area contributed by atoms with Crippen molar-refractivity contribution in [2.24, 2.45) is 7.05 Å². The van der Waals surface area contributed by atoms with Crippen molar-refractivity contribution >= 4 is 22.2 Å². The predicted octanol–water partition coefficient (Wildman–Crippen LogP) is 4.72. The van der Waals surface area contributed by atoms with Crippen molar-refractivity contribution < 1.29 is 4.39 Å². The van der Waals surface area contributed by atoms with Crippen LogP contribution in [0, 0.1) is 22.6 Å². The van der Waals surface area contributed by atoms with Gasteiger partial charge in [0.05, 0.1) is 28.7 Å². The summed E-state index contributed by atoms with van der Waals surface area (Å²) in [6, 6.07) is 8.48. The molecular weight excluding hydrogens is 377 g/mol. The lowest BCUT2D eigenvalue weighted by molar-refractivity contribution is 0.624. The van der Waals surface area contributed by atoms with Gasteiger partial charge in [0.2, 0.25) is 0 Å². The molecule has 0 bridgehead atoms. The number of halogens is 1. The molecule has 1 aliphatic carbocycles. The van der Waals surface area contributed by atoms with E-state index in [0.29, 0.717) is 17.0 Å². The van der Waals surface area contributed by atoms with Gasteiger partial charge in [-0.05, 0) is 42.8 Å². The maximum atomic E-state index is 14.4. The van der Waals surface area contributed by atoms with Crippen molar-refractivity contribution in [3.63, 3.8) is 0 Å². The fourth-order valence-electron chi connectivity index (χ4n) is 3.55. The summed E-state index contributed by atoms with van der Waals surface area (Å²) in [4.78, 5) is 4.71. The van der Waals surface area contributed by atoms with Gasteiger partial charge in [0.25, 0.3) is 0 Å². The molecule has 3 aromatic rings. The van der Waals surface area contributed by atoms with Crippen molar-refractivity contribution in [2.75, 3.05) is 6.54 Å². The lowest BCUT2D eigenvalue weighted by Gasteiger charge is -2.16. The minimum Gasteiger partial charge on any atom is -0.391 e. The smallest absolute Gasteiger partial charge is 0.141 e. The molecule has 0 unspecified atom stereocenters. The molecule has 0 spiro atoms. The first kappa shape index (κ1) is 19.3. The number of nitrogens with zero attached hydrogens (tertiary/aromatic N) is 3. The van der Waals surface area contributed by atoms with Gasteiger partial charge in [-0.15, -0.1) is 0 Å². The Labute approximate surface area is 174 Å². The van der Waals surface area contributed by atoms with Crippen LogP contribution < -0.4 is 5.32 Å². The fraction of sp³-hybridized carbons (Fsp3) is 0.125. The summed E-state index contributed by atoms with van der Waals surface area (Å²) in [7, 11) is 1.94. The van der Waals surface area contributed by atoms with E-state index in [0.717, 1.165) is 34.2 Å². The molecule has 4 rings (SSSR count). The number of fused-ring (bicyclic) bond motifs is 1. The summed E-state index contributed by atoms with van der Waals surface area (Å²) in [6.07, 6.45) is 11.1. The molecule has 0 saturated carbocycles. The summed E-state index contributed by atoms with van der Waals surface area (Å²) >= 11 is 0. The Kier molecular flexibility index (Phi) is 5.03. The summed E-state index contributed by atoms with van der Waals surface area (Å²) < 4.78 is 16.4. The highest BCUT2D eigenvalue weighted by molar-refractivity contribution is 6.14. The van der Waals surface area contributed by atoms with E-state index in [4.69, 9.17) is 15.7 Å². The maximum absolute atomic E-state index is 14.4. The van der Waals surface area contributed by atoms with Gasteiger partial charge in [0.1, 0.15) is 11.9 Å². The van der Waals surface area contributed by atoms with Crippen LogP contribution in [0.5, 0.6) is 0 Å². The van der Waals surface area contributed by atoms with Crippen molar-refractivity contribution in [1.82, 2.24) is 14.9 Å². The van der Waals surface area contributed by atoms with E-state index in [1.807, 2.05) is 55.2 Å². The molecule has 2 N–H and O–H groups in total. The van der Waals surface area contributed by atoms with Crippen LogP contribution in [0.4, 0.5) is 4.39 Å². The first-order valence-corrected chi connectivity index (χ1v) is 9.60. The van der Waals surface area contributed by atoms with Crippen LogP contribution >= 0.6 is 0 Å². The number of benzene rings is 1. The zero-order valence-corrected chi connectivity index (χ0v) is 16.7. The third kappa shape index (κ3) is 3.31. The molecule has 0 radical (unpaired) electrons. The van der Waals surface area contributed by atoms with Crippen molar-refractivity contribution in [3.8, 4) is 17.2 Å². The van der Waals surface area contributed by atoms with E-state index in [1.165, 1.54) is 12.1 Å². The molecule has 5 nitrogen and oxygen atoms in total. The van der Waals surface area contributed by atoms with Gasteiger partial charge in [0, 0.05) is 48.1 Å². The zero-order valence-electron chi connectivity index (χ0n) is 16.7. The van der Waals surface area contributed by atoms with E-state index >= 15 is 0 Å². The monoisotopic (exact) mass is 397 g/mol. The fourth-order valence-corrected chi connectivity index (χ4v) is 3.55. The second-order valence-corrected chi connectivity index (χ2v) is 7.02. The normalized spacial score (nSPS) is 14.8. The third-order valence-electron chi connectivity index (χ3n) is 5.11. The Balaban J connectivity index is 1.97. The molecule has 0 amide bonds. The van der Waals surface area contributed by atoms with E-state index in [9.17, 15) is 4.39 Å². The summed E-state index contributed by atoms with van der Waals surface area (Å²) in [5.74, 6) is -0.559. The van der Waals surface area contributed by atoms with Gasteiger partial charge < -0.3 is 15.3 Å². The SMILES string of the molecule is CCN/C=C1/C=C(c2ncc3c(ccn3C)c2-c2ccc(C#N)c(F)c2)C=CC1=N. The van der Waals surface area contributed by atoms with Gasteiger partial charge in [-0.2, -0.15) is 5.26 Å². The second-order valence-electron chi connectivity index (χ2n) is 7.02. The Morgan fingerprint density at radius 1 is 1.30 bits per heavy atom. The number of aromatic nitrogens is 2. The van der Waals surface area contributed by atoms with Gasteiger partial charge in [-0.25, -0.2) is 4.39 Å². The number of pyridine rings is 1. The topological polar surface area (TPSA) is 77.5 Å². The number of nitriles is 1. The first-order valence-electron chi connectivity index (χ1n) is 9.60. The van der Waals surface area contributed by atoms with Gasteiger partial charge in [-0.1, -0.05) is 12.1 Å². The van der Waals surface area contributed by atoms with Gasteiger partial charge in [-0.3, -0.25) is 4.98 Å². The Morgan fingerprint density at radius 2 is 2.13 bits per heavy atom. The Bertz CT molecular complexity index is 1300. The van der Waals surface area contributed by atoms with Crippen LogP contribution in [-0.2, 0) is 7.05 Å². The van der Waals surface area contributed by atoms with Crippen LogP contribution in [0.3, 0.4) is 0 Å². The van der Waals surface area contributed by atoms with Crippen molar-refractivity contribution in [2.45, 2.75) is 6.92 Å². The molecule has 2 aromatic heterocycles. The molecule has 148 valence electrons. The number of rotatable bonds is 4. The Morgan fingerprint density at radius 3 is 2.87 bits per heavy atom. The number of hydrogen-bond donors (Lipinski definition) is 2. The van der Waals surface area contributed by atoms with Gasteiger partial charge >= 0.3 is 0 Å². The Hall–Kier alpha value is -3.98. The highest BCUT2D eigenvalue weighted by Crippen LogP contribution is 2.37. The number of nitrogens with one attached hydrogen (secondary N) is 2. The molecule has 2 heterocycles. The lowest BCUT2D eigenvalue weighted by Crippen LogP contribution is -2.09. The molecule has 0 aliphatic heterocycles. The molecule has 0 atom stereocenters. The number of aryl methyl sites for hydroxylation is 1. The highest BCUT2D eigenvalue weighted by atomic mass is 19.1. The summed E-state index contributed by atoms with van der Waals surface area (Å²) in [6.45, 7) is 2.75. The molecule has 30 heavy (non-hydrogen) atoms. The third-order valence-corrected chi connectivity index (χ3v) is 5.11. The van der Waals surface area contributed by atoms with E-state index in [1.54, 1.807) is 18.3 Å². The van der Waals surface area contributed by atoms with E-state index in [-0.39, 0.29) is 5.56 Å². The van der Waals surface area contributed by atoms with Crippen LogP contribution in [0.1, 0.15) is 18.2 Å². The maximum Gasteiger partial charge on any atom is 0.141 e. The van der Waals surface area contributed by atoms with E-state index < -0.39 is 5.82 Å². The molecular formula is C24H20FN5. The minimum atomic E-state index is -0.559. The zero-order chi connectivity index (χ0) is 21.3. The summed E-state index contributed by atoms with van der Waals surface area (Å²) in [5.41, 5.74) is 5.07. The van der Waals surface area contributed by atoms with Gasteiger partial charge in [0.15, 0.2) is 0 Å². The molecule has 6 heteroatoms. The first-order chi connectivity index (χ1) is 14.5. The largest absolute Gasteiger partial charge is 0.391 e. The van der Waals surface area contributed by atoms with E-state index in [2.05, 4.69) is 5.32 Å². The van der Waals surface area contributed by atoms with Crippen LogP contribution in [0.2, 0.25) is 0 Å². The standard InChI is InChI=1S/C24H20FN5/c1-3-28-13-18-10-16(6-7-21(18)27)24-23(15-4-5-17(12-26)20(25)11-15)19-8-9-30(2)22(19)14-29-24/h4-11,13-14,27-28H,3H2,1-2H3/b18-13-,27-21?. The van der Waals surface area contributed by atoms with Crippen LogP contribution in [0.25, 0.3) is 27.6 Å². The minimum absolute atomic E-state index is 0.00887. The van der Waals surface area contributed by atoms with Crippen LogP contribution in [-0.4, -0.2) is 21.8 Å². The number of hydrogen-bond acceptors (Lipinski definition) is 4. The summed E-state index contributed by atoms with van der Waals surface area (Å²) in [5, 5.41) is 21.3. The molecule has 1 aliphatic rings. The highest BCUT2D eigenvalue weighted by Gasteiger charge is 2.19. The lowest BCUT2D eigenvalue weighted by atomic mass is 9.91. The average Bonchev–Trinajstić information content (AvgIpc) is 3.13. The molecule has 0 saturated heterocycles. The molecule has 1 aromatic carbocycles. The predicted molar refractivity (Wildman–Crippen MR) is 117 cm³/mol.